The van der Waals surface area contributed by atoms with E-state index < -0.39 is 23.5 Å². The quantitative estimate of drug-likeness (QED) is 0.438. The Morgan fingerprint density at radius 1 is 1.18 bits per heavy atom. The van der Waals surface area contributed by atoms with E-state index in [9.17, 15) is 18.7 Å². The zero-order valence-electron chi connectivity index (χ0n) is 22.3. The number of fused-ring (bicyclic) bond motifs is 2. The van der Waals surface area contributed by atoms with Crippen molar-refractivity contribution in [2.75, 3.05) is 48.3 Å². The molecular weight excluding hydrogens is 524 g/mol. The van der Waals surface area contributed by atoms with Crippen LogP contribution in [0, 0.1) is 5.41 Å². The van der Waals surface area contributed by atoms with Gasteiger partial charge in [0.1, 0.15) is 11.4 Å². The van der Waals surface area contributed by atoms with Crippen LogP contribution in [0.15, 0.2) is 47.4 Å². The number of hydrogen-bond acceptors (Lipinski definition) is 8. The Hall–Kier alpha value is -3.18. The van der Waals surface area contributed by atoms with Crippen LogP contribution < -0.4 is 15.1 Å². The van der Waals surface area contributed by atoms with Crippen molar-refractivity contribution in [1.29, 1.82) is 0 Å². The first-order valence-corrected chi connectivity index (χ1v) is 13.9. The number of carbonyl (C=O) groups excluding carboxylic acids is 1. The second-order valence-electron chi connectivity index (χ2n) is 11.2. The molecule has 5 rings (SSSR count). The fraction of sp³-hybridized carbons (Fsp3) is 0.464. The number of amides is 1. The summed E-state index contributed by atoms with van der Waals surface area (Å²) in [6.45, 7) is 7.57. The van der Waals surface area contributed by atoms with Gasteiger partial charge in [0.05, 0.1) is 12.1 Å². The maximum atomic E-state index is 13.6. The second kappa shape index (κ2) is 10.8. The van der Waals surface area contributed by atoms with E-state index in [2.05, 4.69) is 22.3 Å². The normalized spacial score (nSPS) is 17.0. The Morgan fingerprint density at radius 2 is 1.95 bits per heavy atom. The molecule has 1 saturated heterocycles. The van der Waals surface area contributed by atoms with E-state index in [1.807, 2.05) is 17.0 Å². The molecule has 2 N–H and O–H groups in total. The summed E-state index contributed by atoms with van der Waals surface area (Å²) in [5.74, 6) is 1.95. The van der Waals surface area contributed by atoms with Gasteiger partial charge in [-0.05, 0) is 44.5 Å². The molecular formula is C28H33F2N5O3S. The number of nitrogens with one attached hydrogen (secondary N) is 1. The molecule has 0 radical (unpaired) electrons. The molecule has 8 nitrogen and oxygen atoms in total. The van der Waals surface area contributed by atoms with Crippen molar-refractivity contribution in [2.45, 2.75) is 44.2 Å². The highest BCUT2D eigenvalue weighted by Crippen LogP contribution is 2.39. The summed E-state index contributed by atoms with van der Waals surface area (Å²) in [6, 6.07) is 12.7. The van der Waals surface area contributed by atoms with Crippen molar-refractivity contribution in [1.82, 2.24) is 15.3 Å². The highest BCUT2D eigenvalue weighted by atomic mass is 32.2. The molecule has 208 valence electrons. The number of thioether (sulfide) groups is 1. The van der Waals surface area contributed by atoms with Crippen LogP contribution in [0.25, 0.3) is 10.9 Å². The molecule has 0 aliphatic carbocycles. The molecule has 3 heterocycles. The average molecular weight is 558 g/mol. The zero-order valence-corrected chi connectivity index (χ0v) is 23.1. The number of halogens is 2. The van der Waals surface area contributed by atoms with Crippen LogP contribution in [0.3, 0.4) is 0 Å². The van der Waals surface area contributed by atoms with Crippen LogP contribution >= 0.6 is 11.8 Å². The van der Waals surface area contributed by atoms with Crippen LogP contribution in [0.2, 0.25) is 0 Å². The molecule has 0 unspecified atom stereocenters. The van der Waals surface area contributed by atoms with Crippen molar-refractivity contribution >= 4 is 40.5 Å². The van der Waals surface area contributed by atoms with Crippen molar-refractivity contribution in [3.05, 3.63) is 53.6 Å². The summed E-state index contributed by atoms with van der Waals surface area (Å²) < 4.78 is 32.5. The maximum absolute atomic E-state index is 13.6. The van der Waals surface area contributed by atoms with Gasteiger partial charge in [0.25, 0.3) is 6.43 Å². The van der Waals surface area contributed by atoms with E-state index in [0.29, 0.717) is 42.3 Å². The molecule has 2 aliphatic heterocycles. The highest BCUT2D eigenvalue weighted by Gasteiger charge is 2.44. The van der Waals surface area contributed by atoms with Gasteiger partial charge in [-0.3, -0.25) is 0 Å². The molecule has 39 heavy (non-hydrogen) atoms. The van der Waals surface area contributed by atoms with E-state index in [-0.39, 0.29) is 18.7 Å². The monoisotopic (exact) mass is 557 g/mol. The highest BCUT2D eigenvalue weighted by molar-refractivity contribution is 7.99. The first-order valence-electron chi connectivity index (χ1n) is 12.9. The third kappa shape index (κ3) is 6.04. The molecule has 0 saturated carbocycles. The SMILES string of the molecule is CC(C)(C)OC(=O)NCC1(CO)CN(c2nc(N3CCSc4ccccc4C3)nc3ccc(C(F)F)cc23)C1. The number of benzene rings is 2. The largest absolute Gasteiger partial charge is 0.444 e. The number of aliphatic hydroxyl groups is 1. The minimum absolute atomic E-state index is 0.0965. The summed E-state index contributed by atoms with van der Waals surface area (Å²) in [5.41, 5.74) is 0.438. The van der Waals surface area contributed by atoms with E-state index in [0.717, 1.165) is 12.3 Å². The topological polar surface area (TPSA) is 90.8 Å². The number of nitrogens with zero attached hydrogens (tertiary/aromatic N) is 4. The minimum Gasteiger partial charge on any atom is -0.444 e. The van der Waals surface area contributed by atoms with Crippen molar-refractivity contribution in [3.8, 4) is 0 Å². The average Bonchev–Trinajstić information content (AvgIpc) is 3.09. The molecule has 3 aromatic rings. The maximum Gasteiger partial charge on any atom is 0.407 e. The van der Waals surface area contributed by atoms with Gasteiger partial charge in [-0.15, -0.1) is 11.8 Å². The second-order valence-corrected chi connectivity index (χ2v) is 12.3. The smallest absolute Gasteiger partial charge is 0.407 e. The minimum atomic E-state index is -2.62. The molecule has 11 heteroatoms. The summed E-state index contributed by atoms with van der Waals surface area (Å²) in [6.07, 6.45) is -3.17. The predicted octanol–water partition coefficient (Wildman–Crippen LogP) is 5.00. The lowest BCUT2D eigenvalue weighted by Crippen LogP contribution is -2.63. The van der Waals surface area contributed by atoms with Gasteiger partial charge in [0.15, 0.2) is 0 Å². The van der Waals surface area contributed by atoms with Gasteiger partial charge >= 0.3 is 6.09 Å². The van der Waals surface area contributed by atoms with Crippen LogP contribution in [-0.2, 0) is 11.3 Å². The molecule has 2 aliphatic rings. The van der Waals surface area contributed by atoms with Crippen molar-refractivity contribution < 1.29 is 23.4 Å². The number of carbonyl (C=O) groups is 1. The van der Waals surface area contributed by atoms with Crippen LogP contribution in [0.4, 0.5) is 25.3 Å². The third-order valence-corrected chi connectivity index (χ3v) is 7.97. The molecule has 1 fully saturated rings. The number of rotatable bonds is 6. The van der Waals surface area contributed by atoms with Gasteiger partial charge in [0, 0.05) is 59.7 Å². The van der Waals surface area contributed by atoms with Crippen molar-refractivity contribution in [2.24, 2.45) is 5.41 Å². The summed E-state index contributed by atoms with van der Waals surface area (Å²) in [7, 11) is 0. The molecule has 2 aromatic carbocycles. The Bertz CT molecular complexity index is 1360. The number of aromatic nitrogens is 2. The molecule has 0 atom stereocenters. The van der Waals surface area contributed by atoms with Crippen LogP contribution in [-0.4, -0.2) is 65.3 Å². The number of aliphatic hydroxyl groups excluding tert-OH is 1. The lowest BCUT2D eigenvalue weighted by atomic mass is 9.80. The summed E-state index contributed by atoms with van der Waals surface area (Å²) in [5, 5.41) is 13.5. The first-order chi connectivity index (χ1) is 18.6. The third-order valence-electron chi connectivity index (χ3n) is 6.87. The van der Waals surface area contributed by atoms with Gasteiger partial charge in [0.2, 0.25) is 5.95 Å². The summed E-state index contributed by atoms with van der Waals surface area (Å²) >= 11 is 1.79. The Morgan fingerprint density at radius 3 is 2.67 bits per heavy atom. The first kappa shape index (κ1) is 27.4. The lowest BCUT2D eigenvalue weighted by Gasteiger charge is -2.50. The summed E-state index contributed by atoms with van der Waals surface area (Å²) in [4.78, 5) is 27.2. The molecule has 0 bridgehead atoms. The van der Waals surface area contributed by atoms with E-state index in [1.165, 1.54) is 22.6 Å². The van der Waals surface area contributed by atoms with E-state index >= 15 is 0 Å². The molecule has 1 amide bonds. The van der Waals surface area contributed by atoms with Crippen LogP contribution in [0.1, 0.15) is 38.3 Å². The fourth-order valence-corrected chi connectivity index (χ4v) is 5.91. The number of anilines is 2. The predicted molar refractivity (Wildman–Crippen MR) is 149 cm³/mol. The zero-order chi connectivity index (χ0) is 27.8. The Labute approximate surface area is 230 Å². The number of hydrogen-bond donors (Lipinski definition) is 2. The molecule has 0 spiro atoms. The number of alkyl halides is 2. The van der Waals surface area contributed by atoms with E-state index in [1.54, 1.807) is 38.6 Å². The molecule has 1 aromatic heterocycles. The number of ether oxygens (including phenoxy) is 1. The Kier molecular flexibility index (Phi) is 7.56. The van der Waals surface area contributed by atoms with Gasteiger partial charge in [-0.2, -0.15) is 4.98 Å². The van der Waals surface area contributed by atoms with Gasteiger partial charge in [-0.1, -0.05) is 24.3 Å². The lowest BCUT2D eigenvalue weighted by molar-refractivity contribution is 0.0428. The fourth-order valence-electron chi connectivity index (χ4n) is 4.89. The van der Waals surface area contributed by atoms with Crippen LogP contribution in [0.5, 0.6) is 0 Å². The standard InChI is InChI=1S/C28H33F2N5O3S/c1-27(2,3)38-26(37)31-14-28(17-36)15-35(16-28)24-20-12-18(23(29)30)8-9-21(20)32-25(33-24)34-10-11-39-22-7-5-4-6-19(22)13-34/h4-9,12,23,36H,10-11,13-17H2,1-3H3,(H,31,37). The van der Waals surface area contributed by atoms with E-state index in [4.69, 9.17) is 14.7 Å². The van der Waals surface area contributed by atoms with Gasteiger partial charge in [-0.25, -0.2) is 18.6 Å². The Balaban J connectivity index is 1.43. The number of alkyl carbamates (subject to hydrolysis) is 1. The van der Waals surface area contributed by atoms with Crippen molar-refractivity contribution in [3.63, 3.8) is 0 Å². The van der Waals surface area contributed by atoms with Gasteiger partial charge < -0.3 is 25.0 Å².